The van der Waals surface area contributed by atoms with Crippen molar-refractivity contribution >= 4 is 27.1 Å². The second-order valence-corrected chi connectivity index (χ2v) is 9.06. The predicted octanol–water partition coefficient (Wildman–Crippen LogP) is 3.82. The van der Waals surface area contributed by atoms with Crippen molar-refractivity contribution in [2.75, 3.05) is 46.5 Å². The van der Waals surface area contributed by atoms with Gasteiger partial charge in [-0.15, -0.1) is 0 Å². The first-order valence-corrected chi connectivity index (χ1v) is 11.4. The summed E-state index contributed by atoms with van der Waals surface area (Å²) in [7, 11) is -3.29. The van der Waals surface area contributed by atoms with Crippen LogP contribution in [0, 0.1) is 0 Å². The summed E-state index contributed by atoms with van der Waals surface area (Å²) >= 11 is 0. The third-order valence-electron chi connectivity index (χ3n) is 5.14. The van der Waals surface area contributed by atoms with Gasteiger partial charge in [-0.2, -0.15) is 0 Å². The van der Waals surface area contributed by atoms with E-state index in [1.807, 2.05) is 13.0 Å². The third kappa shape index (κ3) is 4.81. The molecule has 2 heterocycles. The summed E-state index contributed by atoms with van der Waals surface area (Å²) in [6.45, 7) is 6.03. The van der Waals surface area contributed by atoms with Crippen molar-refractivity contribution in [2.24, 2.45) is 0 Å². The molecule has 1 aromatic carbocycles. The molecule has 25 heavy (non-hydrogen) atoms. The van der Waals surface area contributed by atoms with Gasteiger partial charge in [-0.25, -0.2) is 8.42 Å². The summed E-state index contributed by atoms with van der Waals surface area (Å²) in [5.74, 6) is 0.167. The van der Waals surface area contributed by atoms with Gasteiger partial charge < -0.3 is 9.80 Å². The smallest absolute Gasteiger partial charge is 0.232 e. The second-order valence-electron chi connectivity index (χ2n) is 7.22. The summed E-state index contributed by atoms with van der Waals surface area (Å²) in [4.78, 5) is 4.70. The minimum Gasteiger partial charge on any atom is -0.371 e. The molecule has 0 saturated carbocycles. The van der Waals surface area contributed by atoms with E-state index in [0.29, 0.717) is 6.42 Å². The van der Waals surface area contributed by atoms with Crippen molar-refractivity contribution < 1.29 is 8.42 Å². The Labute approximate surface area is 152 Å². The molecule has 0 amide bonds. The normalized spacial score (nSPS) is 19.1. The van der Waals surface area contributed by atoms with Crippen LogP contribution in [0.1, 0.15) is 51.9 Å². The summed E-state index contributed by atoms with van der Waals surface area (Å²) in [6, 6.07) is 6.31. The number of hydrogen-bond acceptors (Lipinski definition) is 4. The molecule has 5 nitrogen and oxygen atoms in total. The lowest BCUT2D eigenvalue weighted by molar-refractivity contribution is 0.575. The van der Waals surface area contributed by atoms with Gasteiger partial charge in [0.25, 0.3) is 0 Å². The number of sulfonamides is 1. The Kier molecular flexibility index (Phi) is 6.10. The first-order valence-electron chi connectivity index (χ1n) is 9.73. The maximum Gasteiger partial charge on any atom is 0.232 e. The number of piperidine rings is 2. The van der Waals surface area contributed by atoms with Crippen molar-refractivity contribution in [3.8, 4) is 0 Å². The number of nitrogens with one attached hydrogen (secondary N) is 1. The molecular weight excluding hydrogens is 334 g/mol. The molecule has 0 spiro atoms. The van der Waals surface area contributed by atoms with Crippen LogP contribution in [-0.2, 0) is 10.0 Å². The molecule has 1 aromatic rings. The van der Waals surface area contributed by atoms with Crippen LogP contribution in [0.4, 0.5) is 17.1 Å². The fourth-order valence-electron chi connectivity index (χ4n) is 3.85. The van der Waals surface area contributed by atoms with Gasteiger partial charge in [-0.1, -0.05) is 6.92 Å². The van der Waals surface area contributed by atoms with E-state index in [1.54, 1.807) is 0 Å². The van der Waals surface area contributed by atoms with Gasteiger partial charge in [-0.05, 0) is 63.1 Å². The van der Waals surface area contributed by atoms with E-state index in [9.17, 15) is 8.42 Å². The van der Waals surface area contributed by atoms with Crippen LogP contribution in [0.3, 0.4) is 0 Å². The molecular formula is C19H31N3O2S. The lowest BCUT2D eigenvalue weighted by atomic mass is 10.1. The van der Waals surface area contributed by atoms with E-state index < -0.39 is 10.0 Å². The van der Waals surface area contributed by atoms with Crippen LogP contribution < -0.4 is 14.5 Å². The largest absolute Gasteiger partial charge is 0.371 e. The topological polar surface area (TPSA) is 52.7 Å². The van der Waals surface area contributed by atoms with E-state index in [-0.39, 0.29) is 5.75 Å². The average Bonchev–Trinajstić information content (AvgIpc) is 2.63. The summed E-state index contributed by atoms with van der Waals surface area (Å²) < 4.78 is 27.6. The van der Waals surface area contributed by atoms with E-state index in [4.69, 9.17) is 0 Å². The Balaban J connectivity index is 1.90. The van der Waals surface area contributed by atoms with Crippen LogP contribution in [0.15, 0.2) is 18.2 Å². The highest BCUT2D eigenvalue weighted by atomic mass is 32.2. The Bertz CT molecular complexity index is 663. The number of anilines is 3. The maximum atomic E-state index is 12.4. The molecule has 1 N–H and O–H groups in total. The van der Waals surface area contributed by atoms with Crippen molar-refractivity contribution in [3.05, 3.63) is 18.2 Å². The van der Waals surface area contributed by atoms with Gasteiger partial charge in [0, 0.05) is 31.9 Å². The van der Waals surface area contributed by atoms with Crippen molar-refractivity contribution in [3.63, 3.8) is 0 Å². The average molecular weight is 366 g/mol. The predicted molar refractivity (Wildman–Crippen MR) is 106 cm³/mol. The molecule has 3 rings (SSSR count). The number of nitrogens with zero attached hydrogens (tertiary/aromatic N) is 2. The van der Waals surface area contributed by atoms with Gasteiger partial charge in [0.05, 0.1) is 17.1 Å². The van der Waals surface area contributed by atoms with Gasteiger partial charge in [0.15, 0.2) is 0 Å². The molecule has 0 radical (unpaired) electrons. The third-order valence-corrected chi connectivity index (χ3v) is 6.61. The molecule has 6 heteroatoms. The molecule has 2 saturated heterocycles. The van der Waals surface area contributed by atoms with Crippen LogP contribution >= 0.6 is 0 Å². The Morgan fingerprint density at radius 1 is 0.920 bits per heavy atom. The summed E-state index contributed by atoms with van der Waals surface area (Å²) in [5.41, 5.74) is 2.91. The van der Waals surface area contributed by atoms with Crippen molar-refractivity contribution in [1.29, 1.82) is 0 Å². The first-order chi connectivity index (χ1) is 12.1. The van der Waals surface area contributed by atoms with Gasteiger partial charge >= 0.3 is 0 Å². The molecule has 2 aliphatic heterocycles. The maximum absolute atomic E-state index is 12.4. The van der Waals surface area contributed by atoms with Crippen LogP contribution in [0.2, 0.25) is 0 Å². The SMILES string of the molecule is CCCS(=O)(=O)Nc1cc(N2CCCCC2)ccc1N1CCCCC1. The number of benzene rings is 1. The standard InChI is InChI=1S/C19H31N3O2S/c1-2-15-25(23,24)20-18-16-17(21-11-5-3-6-12-21)9-10-19(18)22-13-7-4-8-14-22/h9-10,16,20H,2-8,11-15H2,1H3. The van der Waals surface area contributed by atoms with Gasteiger partial charge in [-0.3, -0.25) is 4.72 Å². The van der Waals surface area contributed by atoms with Crippen molar-refractivity contribution in [1.82, 2.24) is 0 Å². The highest BCUT2D eigenvalue weighted by molar-refractivity contribution is 7.92. The van der Waals surface area contributed by atoms with E-state index in [2.05, 4.69) is 26.7 Å². The van der Waals surface area contributed by atoms with E-state index >= 15 is 0 Å². The second kappa shape index (κ2) is 8.30. The van der Waals surface area contributed by atoms with Gasteiger partial charge in [0.1, 0.15) is 0 Å². The molecule has 0 aromatic heterocycles. The fraction of sp³-hybridized carbons (Fsp3) is 0.684. The molecule has 0 bridgehead atoms. The number of hydrogen-bond donors (Lipinski definition) is 1. The lowest BCUT2D eigenvalue weighted by Gasteiger charge is -2.33. The molecule has 2 fully saturated rings. The van der Waals surface area contributed by atoms with Crippen LogP contribution in [0.5, 0.6) is 0 Å². The molecule has 0 atom stereocenters. The van der Waals surface area contributed by atoms with Crippen molar-refractivity contribution in [2.45, 2.75) is 51.9 Å². The quantitative estimate of drug-likeness (QED) is 0.833. The molecule has 0 aliphatic carbocycles. The van der Waals surface area contributed by atoms with Gasteiger partial charge in [0.2, 0.25) is 10.0 Å². The summed E-state index contributed by atoms with van der Waals surface area (Å²) in [6.07, 6.45) is 7.96. The zero-order chi connectivity index (χ0) is 17.7. The Morgan fingerprint density at radius 3 is 2.12 bits per heavy atom. The summed E-state index contributed by atoms with van der Waals surface area (Å²) in [5, 5.41) is 0. The molecule has 140 valence electrons. The highest BCUT2D eigenvalue weighted by Crippen LogP contribution is 2.34. The molecule has 2 aliphatic rings. The lowest BCUT2D eigenvalue weighted by Crippen LogP contribution is -2.32. The van der Waals surface area contributed by atoms with Crippen LogP contribution in [-0.4, -0.2) is 40.3 Å². The zero-order valence-electron chi connectivity index (χ0n) is 15.3. The minimum absolute atomic E-state index is 0.167. The van der Waals surface area contributed by atoms with Crippen LogP contribution in [0.25, 0.3) is 0 Å². The van der Waals surface area contributed by atoms with E-state index in [0.717, 1.165) is 43.2 Å². The Hall–Kier alpha value is -1.43. The van der Waals surface area contributed by atoms with E-state index in [1.165, 1.54) is 38.5 Å². The first kappa shape index (κ1) is 18.4. The fourth-order valence-corrected chi connectivity index (χ4v) is 4.99. The molecule has 0 unspecified atom stereocenters. The highest BCUT2D eigenvalue weighted by Gasteiger charge is 2.20. The monoisotopic (exact) mass is 365 g/mol. The Morgan fingerprint density at radius 2 is 1.52 bits per heavy atom. The number of rotatable bonds is 6. The zero-order valence-corrected chi connectivity index (χ0v) is 16.2. The minimum atomic E-state index is -3.29.